The molecule has 0 spiro atoms. The molecule has 0 aliphatic carbocycles. The summed E-state index contributed by atoms with van der Waals surface area (Å²) in [6, 6.07) is 7.30. The maximum atomic E-state index is 14.8. The molecule has 0 radical (unpaired) electrons. The van der Waals surface area contributed by atoms with Gasteiger partial charge in [0.05, 0.1) is 29.7 Å². The van der Waals surface area contributed by atoms with Crippen LogP contribution >= 0.6 is 11.6 Å². The number of hydrogen-bond donors (Lipinski definition) is 4. The first-order valence-electron chi connectivity index (χ1n) is 15.5. The van der Waals surface area contributed by atoms with E-state index < -0.39 is 55.4 Å². The lowest BCUT2D eigenvalue weighted by atomic mass is 9.85. The number of nitrogens with two attached hydrogens (primary N) is 1. The molecule has 3 aromatic rings. The molecule has 2 atom stereocenters. The molecule has 0 saturated carbocycles. The molecule has 12 nitrogen and oxygen atoms in total. The van der Waals surface area contributed by atoms with Crippen LogP contribution in [-0.4, -0.2) is 71.1 Å². The Morgan fingerprint density at radius 3 is 2.33 bits per heavy atom. The summed E-state index contributed by atoms with van der Waals surface area (Å²) in [4.78, 5) is 53.3. The Balaban J connectivity index is 2.08. The van der Waals surface area contributed by atoms with Gasteiger partial charge in [0.1, 0.15) is 11.9 Å². The van der Waals surface area contributed by atoms with Gasteiger partial charge in [-0.25, -0.2) is 9.18 Å². The van der Waals surface area contributed by atoms with Crippen molar-refractivity contribution in [2.24, 2.45) is 11.1 Å². The summed E-state index contributed by atoms with van der Waals surface area (Å²) in [6.07, 6.45) is -1.30. The highest BCUT2D eigenvalue weighted by molar-refractivity contribution is 6.74. The van der Waals surface area contributed by atoms with Gasteiger partial charge in [0, 0.05) is 23.2 Å². The first kappa shape index (κ1) is 38.4. The molecule has 0 fully saturated rings. The molecule has 1 aromatic heterocycles. The summed E-state index contributed by atoms with van der Waals surface area (Å²) >= 11 is 5.91. The van der Waals surface area contributed by atoms with Gasteiger partial charge in [0.2, 0.25) is 11.8 Å². The van der Waals surface area contributed by atoms with E-state index in [0.29, 0.717) is 5.52 Å². The minimum Gasteiger partial charge on any atom is -0.465 e. The molecule has 0 saturated heterocycles. The number of aromatic nitrogens is 2. The van der Waals surface area contributed by atoms with Crippen LogP contribution in [0.1, 0.15) is 70.6 Å². The third kappa shape index (κ3) is 8.91. The number of carboxylic acid groups (broad SMARTS) is 1. The molecular formula is C33H46ClFN6O6Si. The predicted molar refractivity (Wildman–Crippen MR) is 186 cm³/mol. The normalized spacial score (nSPS) is 13.6. The lowest BCUT2D eigenvalue weighted by Crippen LogP contribution is -2.53. The highest BCUT2D eigenvalue weighted by Crippen LogP contribution is 2.38. The van der Waals surface area contributed by atoms with E-state index in [2.05, 4.69) is 49.6 Å². The molecule has 2 aromatic carbocycles. The molecule has 48 heavy (non-hydrogen) atoms. The van der Waals surface area contributed by atoms with Gasteiger partial charge in [-0.1, -0.05) is 65.3 Å². The van der Waals surface area contributed by atoms with E-state index in [-0.39, 0.29) is 52.1 Å². The topological polar surface area (TPSA) is 169 Å². The maximum absolute atomic E-state index is 14.8. The summed E-state index contributed by atoms with van der Waals surface area (Å²) in [5, 5.41) is 18.7. The van der Waals surface area contributed by atoms with Crippen molar-refractivity contribution in [3.63, 3.8) is 0 Å². The number of benzene rings is 2. The number of carbonyl (C=O) groups is 4. The number of rotatable bonds is 12. The van der Waals surface area contributed by atoms with Crippen LogP contribution in [0.4, 0.5) is 14.9 Å². The van der Waals surface area contributed by atoms with Gasteiger partial charge >= 0.3 is 6.09 Å². The Hall–Kier alpha value is -4.01. The van der Waals surface area contributed by atoms with E-state index in [4.69, 9.17) is 21.8 Å². The van der Waals surface area contributed by atoms with Crippen molar-refractivity contribution in [2.75, 3.05) is 18.5 Å². The van der Waals surface area contributed by atoms with Gasteiger partial charge in [-0.3, -0.25) is 24.4 Å². The lowest BCUT2D eigenvalue weighted by molar-refractivity contribution is -0.144. The van der Waals surface area contributed by atoms with Crippen molar-refractivity contribution in [1.29, 1.82) is 0 Å². The summed E-state index contributed by atoms with van der Waals surface area (Å²) in [6.45, 7) is 17.3. The molecule has 5 N–H and O–H groups in total. The zero-order valence-corrected chi connectivity index (χ0v) is 30.7. The van der Waals surface area contributed by atoms with Crippen molar-refractivity contribution in [2.45, 2.75) is 85.2 Å². The second-order valence-electron chi connectivity index (χ2n) is 14.5. The Bertz CT molecular complexity index is 1700. The molecule has 1 heterocycles. The van der Waals surface area contributed by atoms with E-state index in [1.54, 1.807) is 19.1 Å². The van der Waals surface area contributed by atoms with Crippen LogP contribution in [-0.2, 0) is 20.6 Å². The third-order valence-corrected chi connectivity index (χ3v) is 13.4. The van der Waals surface area contributed by atoms with E-state index in [1.165, 1.54) is 33.8 Å². The third-order valence-electron chi connectivity index (χ3n) is 8.62. The number of amides is 4. The fourth-order valence-electron chi connectivity index (χ4n) is 4.90. The summed E-state index contributed by atoms with van der Waals surface area (Å²) in [5.74, 6) is -2.53. The highest BCUT2D eigenvalue weighted by Gasteiger charge is 2.42. The van der Waals surface area contributed by atoms with Crippen LogP contribution < -0.4 is 16.4 Å². The fraction of sp³-hybridized carbons (Fsp3) is 0.485. The number of primary amides is 1. The van der Waals surface area contributed by atoms with Crippen molar-refractivity contribution >= 4 is 60.3 Å². The first-order chi connectivity index (χ1) is 22.0. The minimum absolute atomic E-state index is 0.0735. The standard InChI is InChI=1S/C33H46ClFN6O6Si/c1-19(18-47-48(8,9)33(5,6)7)40(17-25(42)37-16-20-11-10-12-23(34)26(20)35)30(44)28(32(2,3)4)41-24-14-13-21(38-31(45)46)15-22(24)27(39-41)29(36)43/h10-15,19,28,38H,16-18H2,1-9H3,(H2,36,43)(H,37,42)(H,45,46)/t19?,28-/m0/s1. The van der Waals surface area contributed by atoms with Crippen molar-refractivity contribution in [3.05, 3.63) is 58.5 Å². The van der Waals surface area contributed by atoms with Gasteiger partial charge in [0.25, 0.3) is 5.91 Å². The summed E-state index contributed by atoms with van der Waals surface area (Å²) in [7, 11) is -2.26. The average Bonchev–Trinajstić information content (AvgIpc) is 3.32. The maximum Gasteiger partial charge on any atom is 0.409 e. The Morgan fingerprint density at radius 1 is 1.12 bits per heavy atom. The number of nitrogens with one attached hydrogen (secondary N) is 2. The van der Waals surface area contributed by atoms with E-state index in [0.717, 1.165) is 0 Å². The second kappa shape index (κ2) is 14.6. The molecule has 15 heteroatoms. The van der Waals surface area contributed by atoms with Gasteiger partial charge in [-0.05, 0) is 54.7 Å². The lowest BCUT2D eigenvalue weighted by Gasteiger charge is -2.40. The zero-order valence-electron chi connectivity index (χ0n) is 28.9. The van der Waals surface area contributed by atoms with E-state index in [9.17, 15) is 28.7 Å². The fourth-order valence-corrected chi connectivity index (χ4v) is 6.18. The summed E-state index contributed by atoms with van der Waals surface area (Å²) in [5.41, 5.74) is 5.44. The number of hydrogen-bond acceptors (Lipinski definition) is 6. The molecule has 4 amide bonds. The van der Waals surface area contributed by atoms with Crippen LogP contribution in [0.3, 0.4) is 0 Å². The van der Waals surface area contributed by atoms with Gasteiger partial charge in [-0.2, -0.15) is 5.10 Å². The van der Waals surface area contributed by atoms with Crippen LogP contribution in [0.5, 0.6) is 0 Å². The van der Waals surface area contributed by atoms with Crippen molar-refractivity contribution < 1.29 is 33.1 Å². The summed E-state index contributed by atoms with van der Waals surface area (Å²) < 4.78 is 22.4. The first-order valence-corrected chi connectivity index (χ1v) is 18.8. The minimum atomic E-state index is -2.26. The van der Waals surface area contributed by atoms with E-state index in [1.807, 2.05) is 20.8 Å². The van der Waals surface area contributed by atoms with Crippen LogP contribution in [0.2, 0.25) is 23.2 Å². The number of nitrogens with zero attached hydrogens (tertiary/aromatic N) is 3. The SMILES string of the molecule is CC(CO[Si](C)(C)C(C)(C)C)N(CC(=O)NCc1cccc(Cl)c1F)C(=O)[C@H](n1nc(C(N)=O)c2cc(NC(=O)O)ccc21)C(C)(C)C. The molecule has 0 aliphatic heterocycles. The molecule has 262 valence electrons. The van der Waals surface area contributed by atoms with Gasteiger partial charge < -0.3 is 25.5 Å². The quantitative estimate of drug-likeness (QED) is 0.164. The average molecular weight is 705 g/mol. The monoisotopic (exact) mass is 704 g/mol. The molecule has 0 bridgehead atoms. The smallest absolute Gasteiger partial charge is 0.409 e. The van der Waals surface area contributed by atoms with Crippen molar-refractivity contribution in [1.82, 2.24) is 20.0 Å². The molecule has 1 unspecified atom stereocenters. The number of fused-ring (bicyclic) bond motifs is 1. The zero-order chi connectivity index (χ0) is 36.4. The van der Waals surface area contributed by atoms with Crippen LogP contribution in [0, 0.1) is 11.2 Å². The second-order valence-corrected chi connectivity index (χ2v) is 19.7. The number of anilines is 1. The number of carbonyl (C=O) groups excluding carboxylic acids is 3. The highest BCUT2D eigenvalue weighted by atomic mass is 35.5. The van der Waals surface area contributed by atoms with Crippen LogP contribution in [0.15, 0.2) is 36.4 Å². The predicted octanol–water partition coefficient (Wildman–Crippen LogP) is 6.16. The van der Waals surface area contributed by atoms with E-state index >= 15 is 0 Å². The molecule has 3 rings (SSSR count). The largest absolute Gasteiger partial charge is 0.465 e. The molecular weight excluding hydrogens is 659 g/mol. The van der Waals surface area contributed by atoms with Crippen LogP contribution in [0.25, 0.3) is 10.9 Å². The van der Waals surface area contributed by atoms with Gasteiger partial charge in [0.15, 0.2) is 14.0 Å². The Kier molecular flexibility index (Phi) is 11.7. The molecule has 0 aliphatic rings. The Labute approximate surface area is 286 Å². The van der Waals surface area contributed by atoms with Gasteiger partial charge in [-0.15, -0.1) is 0 Å². The number of halogens is 2. The Morgan fingerprint density at radius 2 is 1.77 bits per heavy atom. The van der Waals surface area contributed by atoms with Crippen molar-refractivity contribution in [3.8, 4) is 0 Å².